The van der Waals surface area contributed by atoms with Crippen LogP contribution in [-0.2, 0) is 5.41 Å². The highest BCUT2D eigenvalue weighted by Crippen LogP contribution is 2.34. The molecule has 0 spiro atoms. The van der Waals surface area contributed by atoms with Crippen molar-refractivity contribution < 1.29 is 0 Å². The molecule has 4 heteroatoms. The Balaban J connectivity index is 1.93. The van der Waals surface area contributed by atoms with Gasteiger partial charge in [-0.05, 0) is 19.3 Å². The summed E-state index contributed by atoms with van der Waals surface area (Å²) >= 11 is 0. The summed E-state index contributed by atoms with van der Waals surface area (Å²) in [5.41, 5.74) is 0.129. The monoisotopic (exact) mass is 378 g/mol. The lowest BCUT2D eigenvalue weighted by molar-refractivity contribution is 0.329. The predicted octanol–water partition coefficient (Wildman–Crippen LogP) is 7.52. The minimum atomic E-state index is 0.129. The number of hydrogen-bond donors (Lipinski definition) is 1. The Morgan fingerprint density at radius 1 is 0.630 bits per heavy atom. The van der Waals surface area contributed by atoms with E-state index < -0.39 is 0 Å². The maximum Gasteiger partial charge on any atom is 0.180 e. The average molecular weight is 379 g/mol. The zero-order valence-electron chi connectivity index (χ0n) is 18.6. The van der Waals surface area contributed by atoms with E-state index in [2.05, 4.69) is 41.4 Å². The van der Waals surface area contributed by atoms with Crippen LogP contribution in [0.15, 0.2) is 0 Å². The van der Waals surface area contributed by atoms with Crippen LogP contribution in [0.3, 0.4) is 0 Å². The van der Waals surface area contributed by atoms with Crippen molar-refractivity contribution >= 4 is 0 Å². The van der Waals surface area contributed by atoms with Gasteiger partial charge in [-0.1, -0.05) is 122 Å². The first-order chi connectivity index (χ1) is 13.3. The molecule has 0 aromatic carbocycles. The van der Waals surface area contributed by atoms with Gasteiger partial charge in [0.05, 0.1) is 0 Å². The molecule has 0 fully saturated rings. The summed E-state index contributed by atoms with van der Waals surface area (Å²) in [4.78, 5) is 0. The first-order valence-corrected chi connectivity index (χ1v) is 12.0. The molecule has 1 rings (SSSR count). The van der Waals surface area contributed by atoms with Crippen LogP contribution in [0.4, 0.5) is 0 Å². The number of aromatic amines is 1. The number of tetrazole rings is 1. The molecule has 0 aliphatic carbocycles. The van der Waals surface area contributed by atoms with Crippen LogP contribution < -0.4 is 0 Å². The van der Waals surface area contributed by atoms with Crippen molar-refractivity contribution in [3.63, 3.8) is 0 Å². The minimum absolute atomic E-state index is 0.129. The van der Waals surface area contributed by atoms with Gasteiger partial charge in [0.2, 0.25) is 0 Å². The van der Waals surface area contributed by atoms with Crippen molar-refractivity contribution in [1.29, 1.82) is 0 Å². The molecule has 0 atom stereocenters. The van der Waals surface area contributed by atoms with Gasteiger partial charge < -0.3 is 0 Å². The Morgan fingerprint density at radius 3 is 1.44 bits per heavy atom. The molecule has 0 radical (unpaired) electrons. The van der Waals surface area contributed by atoms with Crippen molar-refractivity contribution in [2.75, 3.05) is 0 Å². The summed E-state index contributed by atoms with van der Waals surface area (Å²) in [5, 5.41) is 14.9. The van der Waals surface area contributed by atoms with Crippen molar-refractivity contribution in [1.82, 2.24) is 20.6 Å². The molecule has 1 aromatic rings. The second-order valence-electron chi connectivity index (χ2n) is 8.42. The average Bonchev–Trinajstić information content (AvgIpc) is 3.23. The molecule has 1 heterocycles. The molecule has 0 aliphatic heterocycles. The third kappa shape index (κ3) is 10.3. The molecule has 27 heavy (non-hydrogen) atoms. The third-order valence-electron chi connectivity index (χ3n) is 6.43. The van der Waals surface area contributed by atoms with Gasteiger partial charge in [-0.2, -0.15) is 5.21 Å². The molecule has 4 nitrogen and oxygen atoms in total. The number of nitrogens with one attached hydrogen (secondary N) is 1. The molecule has 1 N–H and O–H groups in total. The number of unbranched alkanes of at least 4 members (excludes halogenated alkanes) is 14. The SMILES string of the molecule is CCCCCCCCCCCCCCCCCC(CC)(CC)c1nn[nH]n1. The summed E-state index contributed by atoms with van der Waals surface area (Å²) in [6.07, 6.45) is 24.6. The molecule has 158 valence electrons. The van der Waals surface area contributed by atoms with Crippen LogP contribution in [0.1, 0.15) is 142 Å². The first kappa shape index (κ1) is 24.1. The van der Waals surface area contributed by atoms with Crippen LogP contribution in [0.5, 0.6) is 0 Å². The summed E-state index contributed by atoms with van der Waals surface area (Å²) in [6, 6.07) is 0. The van der Waals surface area contributed by atoms with Gasteiger partial charge in [0.15, 0.2) is 5.82 Å². The van der Waals surface area contributed by atoms with Crippen LogP contribution in [-0.4, -0.2) is 20.6 Å². The normalized spacial score (nSPS) is 12.0. The van der Waals surface area contributed by atoms with E-state index >= 15 is 0 Å². The Bertz CT molecular complexity index is 412. The van der Waals surface area contributed by atoms with E-state index in [0.29, 0.717) is 0 Å². The van der Waals surface area contributed by atoms with Crippen molar-refractivity contribution in [2.45, 2.75) is 142 Å². The number of rotatable bonds is 19. The van der Waals surface area contributed by atoms with E-state index in [1.165, 1.54) is 103 Å². The highest BCUT2D eigenvalue weighted by Gasteiger charge is 2.32. The Labute approximate surface area is 168 Å². The Hall–Kier alpha value is -0.930. The predicted molar refractivity (Wildman–Crippen MR) is 116 cm³/mol. The molecule has 0 saturated carbocycles. The Kier molecular flexibility index (Phi) is 14.3. The van der Waals surface area contributed by atoms with E-state index in [0.717, 1.165) is 18.7 Å². The van der Waals surface area contributed by atoms with Crippen LogP contribution in [0.25, 0.3) is 0 Å². The summed E-state index contributed by atoms with van der Waals surface area (Å²) in [7, 11) is 0. The zero-order chi connectivity index (χ0) is 19.6. The highest BCUT2D eigenvalue weighted by molar-refractivity contribution is 5.03. The fraction of sp³-hybridized carbons (Fsp3) is 0.957. The Morgan fingerprint density at radius 2 is 1.07 bits per heavy atom. The number of H-pyrrole nitrogens is 1. The minimum Gasteiger partial charge on any atom is -0.177 e. The smallest absolute Gasteiger partial charge is 0.177 e. The fourth-order valence-corrected chi connectivity index (χ4v) is 4.25. The van der Waals surface area contributed by atoms with Crippen molar-refractivity contribution in [3.8, 4) is 0 Å². The number of hydrogen-bond acceptors (Lipinski definition) is 3. The quantitative estimate of drug-likeness (QED) is 0.253. The maximum absolute atomic E-state index is 4.27. The van der Waals surface area contributed by atoms with Crippen molar-refractivity contribution in [2.24, 2.45) is 0 Å². The molecule has 1 aromatic heterocycles. The number of nitrogens with zero attached hydrogens (tertiary/aromatic N) is 3. The maximum atomic E-state index is 4.27. The van der Waals surface area contributed by atoms with E-state index in [1.54, 1.807) is 0 Å². The van der Waals surface area contributed by atoms with Crippen LogP contribution >= 0.6 is 0 Å². The van der Waals surface area contributed by atoms with Gasteiger partial charge in [-0.25, -0.2) is 0 Å². The second kappa shape index (κ2) is 16.1. The molecule has 0 aliphatic rings. The standard InChI is InChI=1S/C23H46N4/c1-4-7-8-9-10-11-12-13-14-15-16-17-18-19-20-21-23(5-2,6-3)22-24-26-27-25-22/h4-21H2,1-3H3,(H,24,25,26,27). The van der Waals surface area contributed by atoms with E-state index in [1.807, 2.05) is 0 Å². The van der Waals surface area contributed by atoms with E-state index in [4.69, 9.17) is 0 Å². The largest absolute Gasteiger partial charge is 0.180 e. The molecule has 0 amide bonds. The lowest BCUT2D eigenvalue weighted by Crippen LogP contribution is -2.26. The second-order valence-corrected chi connectivity index (χ2v) is 8.42. The zero-order valence-corrected chi connectivity index (χ0v) is 18.6. The highest BCUT2D eigenvalue weighted by atomic mass is 15.5. The first-order valence-electron chi connectivity index (χ1n) is 12.0. The third-order valence-corrected chi connectivity index (χ3v) is 6.43. The van der Waals surface area contributed by atoms with Gasteiger partial charge in [-0.15, -0.1) is 10.2 Å². The summed E-state index contributed by atoms with van der Waals surface area (Å²) in [6.45, 7) is 6.80. The molecule has 0 saturated heterocycles. The lowest BCUT2D eigenvalue weighted by atomic mass is 9.77. The van der Waals surface area contributed by atoms with Crippen molar-refractivity contribution in [3.05, 3.63) is 5.82 Å². The van der Waals surface area contributed by atoms with Crippen LogP contribution in [0, 0.1) is 0 Å². The van der Waals surface area contributed by atoms with E-state index in [9.17, 15) is 0 Å². The van der Waals surface area contributed by atoms with Gasteiger partial charge in [0, 0.05) is 5.41 Å². The molecule has 0 unspecified atom stereocenters. The molecular weight excluding hydrogens is 332 g/mol. The topological polar surface area (TPSA) is 54.5 Å². The van der Waals surface area contributed by atoms with Crippen LogP contribution in [0.2, 0.25) is 0 Å². The fourth-order valence-electron chi connectivity index (χ4n) is 4.25. The summed E-state index contributed by atoms with van der Waals surface area (Å²) < 4.78 is 0. The number of aromatic nitrogens is 4. The summed E-state index contributed by atoms with van der Waals surface area (Å²) in [5.74, 6) is 0.915. The lowest BCUT2D eigenvalue weighted by Gasteiger charge is -2.28. The van der Waals surface area contributed by atoms with E-state index in [-0.39, 0.29) is 5.41 Å². The van der Waals surface area contributed by atoms with Gasteiger partial charge in [-0.3, -0.25) is 0 Å². The molecule has 0 bridgehead atoms. The van der Waals surface area contributed by atoms with Gasteiger partial charge >= 0.3 is 0 Å². The van der Waals surface area contributed by atoms with Gasteiger partial charge in [0.1, 0.15) is 0 Å². The van der Waals surface area contributed by atoms with Gasteiger partial charge in [0.25, 0.3) is 0 Å². The molecular formula is C23H46N4.